The molecule has 3 nitrogen and oxygen atoms in total. The second-order valence-electron chi connectivity index (χ2n) is 6.55. The highest BCUT2D eigenvalue weighted by atomic mass is 16.1. The van der Waals surface area contributed by atoms with Gasteiger partial charge in [0.2, 0.25) is 5.91 Å². The molecule has 1 atom stereocenters. The van der Waals surface area contributed by atoms with Crippen LogP contribution in [0, 0.1) is 5.41 Å². The van der Waals surface area contributed by atoms with Gasteiger partial charge in [-0.05, 0) is 30.0 Å². The van der Waals surface area contributed by atoms with Crippen molar-refractivity contribution in [3.63, 3.8) is 0 Å². The molecule has 0 spiro atoms. The van der Waals surface area contributed by atoms with Crippen LogP contribution in [0.25, 0.3) is 0 Å². The SMILES string of the molecule is CC(C)(C)CCNCC1CC(=O)Nc2ccccc21. The van der Waals surface area contributed by atoms with E-state index in [1.54, 1.807) is 0 Å². The molecule has 0 radical (unpaired) electrons. The largest absolute Gasteiger partial charge is 0.326 e. The van der Waals surface area contributed by atoms with Gasteiger partial charge >= 0.3 is 0 Å². The molecule has 2 rings (SSSR count). The minimum atomic E-state index is 0.126. The summed E-state index contributed by atoms with van der Waals surface area (Å²) in [6.07, 6.45) is 1.73. The van der Waals surface area contributed by atoms with E-state index in [-0.39, 0.29) is 5.91 Å². The molecule has 1 aliphatic heterocycles. The molecule has 1 aromatic rings. The first-order valence-corrected chi connectivity index (χ1v) is 7.05. The zero-order valence-electron chi connectivity index (χ0n) is 12.1. The van der Waals surface area contributed by atoms with Crippen LogP contribution >= 0.6 is 0 Å². The molecular formula is C16H24N2O. The number of benzene rings is 1. The number of hydrogen-bond donors (Lipinski definition) is 2. The number of carbonyl (C=O) groups is 1. The number of rotatable bonds is 4. The van der Waals surface area contributed by atoms with E-state index in [9.17, 15) is 4.79 Å². The zero-order valence-corrected chi connectivity index (χ0v) is 12.1. The number of nitrogens with one attached hydrogen (secondary N) is 2. The highest BCUT2D eigenvalue weighted by Crippen LogP contribution is 2.31. The van der Waals surface area contributed by atoms with E-state index < -0.39 is 0 Å². The fraction of sp³-hybridized carbons (Fsp3) is 0.562. The molecule has 2 N–H and O–H groups in total. The summed E-state index contributed by atoms with van der Waals surface area (Å²) in [7, 11) is 0. The van der Waals surface area contributed by atoms with Gasteiger partial charge in [-0.2, -0.15) is 0 Å². The highest BCUT2D eigenvalue weighted by Gasteiger charge is 2.24. The number of anilines is 1. The van der Waals surface area contributed by atoms with E-state index in [4.69, 9.17) is 0 Å². The quantitative estimate of drug-likeness (QED) is 0.817. The van der Waals surface area contributed by atoms with Gasteiger partial charge in [0.05, 0.1) is 0 Å². The van der Waals surface area contributed by atoms with Crippen molar-refractivity contribution in [1.29, 1.82) is 0 Å². The molecule has 1 unspecified atom stereocenters. The number of carbonyl (C=O) groups excluding carboxylic acids is 1. The van der Waals surface area contributed by atoms with Crippen molar-refractivity contribution < 1.29 is 4.79 Å². The van der Waals surface area contributed by atoms with E-state index in [2.05, 4.69) is 37.5 Å². The Kier molecular flexibility index (Phi) is 4.25. The molecule has 0 saturated heterocycles. The van der Waals surface area contributed by atoms with Gasteiger partial charge in [-0.25, -0.2) is 0 Å². The standard InChI is InChI=1S/C16H24N2O/c1-16(2,3)8-9-17-11-12-10-15(19)18-14-7-5-4-6-13(12)14/h4-7,12,17H,8-11H2,1-3H3,(H,18,19). The number of amides is 1. The monoisotopic (exact) mass is 260 g/mol. The van der Waals surface area contributed by atoms with Gasteiger partial charge in [0, 0.05) is 24.6 Å². The molecule has 0 aromatic heterocycles. The van der Waals surface area contributed by atoms with Crippen LogP contribution in [-0.4, -0.2) is 19.0 Å². The average Bonchev–Trinajstić information content (AvgIpc) is 2.33. The van der Waals surface area contributed by atoms with Gasteiger partial charge in [0.25, 0.3) is 0 Å². The summed E-state index contributed by atoms with van der Waals surface area (Å²) >= 11 is 0. The molecule has 19 heavy (non-hydrogen) atoms. The zero-order chi connectivity index (χ0) is 13.9. The summed E-state index contributed by atoms with van der Waals surface area (Å²) in [5, 5.41) is 6.43. The molecule has 0 bridgehead atoms. The van der Waals surface area contributed by atoms with Crippen LogP contribution in [0.15, 0.2) is 24.3 Å². The summed E-state index contributed by atoms with van der Waals surface area (Å²) in [6.45, 7) is 8.62. The van der Waals surface area contributed by atoms with Gasteiger partial charge in [-0.1, -0.05) is 39.0 Å². The first-order chi connectivity index (χ1) is 8.96. The Labute approximate surface area is 115 Å². The maximum absolute atomic E-state index is 11.7. The van der Waals surface area contributed by atoms with Crippen LogP contribution in [0.3, 0.4) is 0 Å². The maximum Gasteiger partial charge on any atom is 0.225 e. The molecule has 1 aromatic carbocycles. The van der Waals surface area contributed by atoms with Crippen LogP contribution in [0.4, 0.5) is 5.69 Å². The Morgan fingerprint density at radius 3 is 2.79 bits per heavy atom. The summed E-state index contributed by atoms with van der Waals surface area (Å²) in [5.74, 6) is 0.422. The molecule has 104 valence electrons. The smallest absolute Gasteiger partial charge is 0.225 e. The summed E-state index contributed by atoms with van der Waals surface area (Å²) in [5.41, 5.74) is 2.58. The van der Waals surface area contributed by atoms with Crippen molar-refractivity contribution in [2.75, 3.05) is 18.4 Å². The van der Waals surface area contributed by atoms with Gasteiger partial charge in [-0.3, -0.25) is 4.79 Å². The minimum absolute atomic E-state index is 0.126. The van der Waals surface area contributed by atoms with Gasteiger partial charge in [-0.15, -0.1) is 0 Å². The summed E-state index contributed by atoms with van der Waals surface area (Å²) < 4.78 is 0. The van der Waals surface area contributed by atoms with Gasteiger partial charge < -0.3 is 10.6 Å². The first kappa shape index (κ1) is 14.1. The topological polar surface area (TPSA) is 41.1 Å². The molecule has 1 heterocycles. The molecule has 0 saturated carbocycles. The third-order valence-electron chi connectivity index (χ3n) is 3.55. The predicted octanol–water partition coefficient (Wildman–Crippen LogP) is 3.14. The van der Waals surface area contributed by atoms with Crippen LogP contribution in [0.1, 0.15) is 45.1 Å². The van der Waals surface area contributed by atoms with Gasteiger partial charge in [0.1, 0.15) is 0 Å². The summed E-state index contributed by atoms with van der Waals surface area (Å²) in [4.78, 5) is 11.7. The van der Waals surface area contributed by atoms with Crippen LogP contribution in [0.5, 0.6) is 0 Å². The van der Waals surface area contributed by atoms with E-state index in [1.165, 1.54) is 5.56 Å². The lowest BCUT2D eigenvalue weighted by atomic mass is 9.90. The second-order valence-corrected chi connectivity index (χ2v) is 6.55. The predicted molar refractivity (Wildman–Crippen MR) is 79.4 cm³/mol. The Hall–Kier alpha value is -1.35. The van der Waals surface area contributed by atoms with Crippen molar-refractivity contribution in [1.82, 2.24) is 5.32 Å². The average molecular weight is 260 g/mol. The molecule has 3 heteroatoms. The Morgan fingerprint density at radius 1 is 1.32 bits per heavy atom. The lowest BCUT2D eigenvalue weighted by molar-refractivity contribution is -0.116. The highest BCUT2D eigenvalue weighted by molar-refractivity contribution is 5.94. The van der Waals surface area contributed by atoms with Crippen molar-refractivity contribution in [3.05, 3.63) is 29.8 Å². The first-order valence-electron chi connectivity index (χ1n) is 7.05. The fourth-order valence-electron chi connectivity index (χ4n) is 2.42. The number of hydrogen-bond acceptors (Lipinski definition) is 2. The molecule has 0 aliphatic carbocycles. The van der Waals surface area contributed by atoms with Gasteiger partial charge in [0.15, 0.2) is 0 Å². The number of para-hydroxylation sites is 1. The van der Waals surface area contributed by atoms with Crippen molar-refractivity contribution in [3.8, 4) is 0 Å². The normalized spacial score (nSPS) is 18.9. The van der Waals surface area contributed by atoms with E-state index in [0.717, 1.165) is 25.2 Å². The molecule has 0 fully saturated rings. The third kappa shape index (κ3) is 4.06. The fourth-order valence-corrected chi connectivity index (χ4v) is 2.42. The van der Waals surface area contributed by atoms with Crippen molar-refractivity contribution in [2.45, 2.75) is 39.5 Å². The Morgan fingerprint density at radius 2 is 2.05 bits per heavy atom. The Balaban J connectivity index is 1.92. The maximum atomic E-state index is 11.7. The van der Waals surface area contributed by atoms with E-state index >= 15 is 0 Å². The van der Waals surface area contributed by atoms with Crippen LogP contribution < -0.4 is 10.6 Å². The van der Waals surface area contributed by atoms with E-state index in [0.29, 0.717) is 17.8 Å². The molecule has 1 aliphatic rings. The van der Waals surface area contributed by atoms with Crippen molar-refractivity contribution >= 4 is 11.6 Å². The van der Waals surface area contributed by atoms with Crippen LogP contribution in [0.2, 0.25) is 0 Å². The van der Waals surface area contributed by atoms with E-state index in [1.807, 2.05) is 18.2 Å². The number of fused-ring (bicyclic) bond motifs is 1. The second kappa shape index (κ2) is 5.74. The Bertz CT molecular complexity index is 448. The van der Waals surface area contributed by atoms with Crippen LogP contribution in [-0.2, 0) is 4.79 Å². The lowest BCUT2D eigenvalue weighted by Gasteiger charge is -2.26. The molecule has 1 amide bonds. The van der Waals surface area contributed by atoms with Crippen molar-refractivity contribution in [2.24, 2.45) is 5.41 Å². The lowest BCUT2D eigenvalue weighted by Crippen LogP contribution is -2.31. The minimum Gasteiger partial charge on any atom is -0.326 e. The third-order valence-corrected chi connectivity index (χ3v) is 3.55. The molecular weight excluding hydrogens is 236 g/mol. The summed E-state index contributed by atoms with van der Waals surface area (Å²) in [6, 6.07) is 8.10.